The lowest BCUT2D eigenvalue weighted by Gasteiger charge is -2.15. The van der Waals surface area contributed by atoms with E-state index < -0.39 is 23.9 Å². The number of urea groups is 1. The van der Waals surface area contributed by atoms with E-state index in [4.69, 9.17) is 16.3 Å². The van der Waals surface area contributed by atoms with Crippen LogP contribution >= 0.6 is 11.6 Å². The Morgan fingerprint density at radius 3 is 2.62 bits per heavy atom. The standard InChI is InChI=1S/C17H16ClF3N2O3/c18-14-6-1-2-7-15(14)23-16(25)22-9-12(24)10-26-13-5-3-4-11(8-13)17(19,20)21/h1-8,12,24H,9-10H2,(H2,22,23,25). The topological polar surface area (TPSA) is 70.6 Å². The molecular formula is C17H16ClF3N2O3. The number of anilines is 1. The molecule has 26 heavy (non-hydrogen) atoms. The van der Waals surface area contributed by atoms with Gasteiger partial charge in [0.1, 0.15) is 18.5 Å². The van der Waals surface area contributed by atoms with E-state index in [1.807, 2.05) is 0 Å². The Bertz CT molecular complexity index is 756. The van der Waals surface area contributed by atoms with E-state index in [0.717, 1.165) is 12.1 Å². The van der Waals surface area contributed by atoms with E-state index in [1.165, 1.54) is 12.1 Å². The summed E-state index contributed by atoms with van der Waals surface area (Å²) in [4.78, 5) is 11.7. The van der Waals surface area contributed by atoms with Gasteiger partial charge in [-0.3, -0.25) is 0 Å². The number of halogens is 4. The van der Waals surface area contributed by atoms with E-state index >= 15 is 0 Å². The van der Waals surface area contributed by atoms with Crippen molar-refractivity contribution in [2.24, 2.45) is 0 Å². The smallest absolute Gasteiger partial charge is 0.416 e. The van der Waals surface area contributed by atoms with Crippen LogP contribution in [0.15, 0.2) is 48.5 Å². The summed E-state index contributed by atoms with van der Waals surface area (Å²) in [6, 6.07) is 10.3. The van der Waals surface area contributed by atoms with Crippen molar-refractivity contribution in [3.63, 3.8) is 0 Å². The first kappa shape index (κ1) is 19.9. The molecule has 2 rings (SSSR count). The quantitative estimate of drug-likeness (QED) is 0.702. The summed E-state index contributed by atoms with van der Waals surface area (Å²) in [6.07, 6.45) is -5.59. The average Bonchev–Trinajstić information content (AvgIpc) is 2.60. The fourth-order valence-corrected chi connectivity index (χ4v) is 2.14. The van der Waals surface area contributed by atoms with Gasteiger partial charge in [0, 0.05) is 6.54 Å². The van der Waals surface area contributed by atoms with Gasteiger partial charge < -0.3 is 20.5 Å². The molecule has 0 spiro atoms. The number of carbonyl (C=O) groups is 1. The van der Waals surface area contributed by atoms with Crippen LogP contribution in [0.4, 0.5) is 23.7 Å². The molecule has 0 heterocycles. The third-order valence-corrected chi connectivity index (χ3v) is 3.55. The number of carbonyl (C=O) groups excluding carboxylic acids is 1. The SMILES string of the molecule is O=C(NCC(O)COc1cccc(C(F)(F)F)c1)Nc1ccccc1Cl. The number of benzene rings is 2. The molecule has 5 nitrogen and oxygen atoms in total. The van der Waals surface area contributed by atoms with E-state index in [-0.39, 0.29) is 18.9 Å². The molecule has 1 unspecified atom stereocenters. The Morgan fingerprint density at radius 1 is 1.19 bits per heavy atom. The number of aliphatic hydroxyl groups is 1. The van der Waals surface area contributed by atoms with Gasteiger partial charge in [0.05, 0.1) is 16.3 Å². The third-order valence-electron chi connectivity index (χ3n) is 3.22. The average molecular weight is 389 g/mol. The molecule has 0 aliphatic rings. The first-order valence-corrected chi connectivity index (χ1v) is 7.91. The maximum atomic E-state index is 12.6. The zero-order valence-electron chi connectivity index (χ0n) is 13.4. The highest BCUT2D eigenvalue weighted by Gasteiger charge is 2.30. The van der Waals surface area contributed by atoms with Gasteiger partial charge in [0.2, 0.25) is 0 Å². The summed E-state index contributed by atoms with van der Waals surface area (Å²) in [6.45, 7) is -0.442. The lowest BCUT2D eigenvalue weighted by Crippen LogP contribution is -2.37. The van der Waals surface area contributed by atoms with Crippen molar-refractivity contribution in [3.05, 3.63) is 59.1 Å². The van der Waals surface area contributed by atoms with Crippen LogP contribution < -0.4 is 15.4 Å². The number of aliphatic hydroxyl groups excluding tert-OH is 1. The number of hydrogen-bond donors (Lipinski definition) is 3. The Hall–Kier alpha value is -2.45. The molecule has 2 aromatic rings. The van der Waals surface area contributed by atoms with Gasteiger partial charge in [0.25, 0.3) is 0 Å². The number of para-hydroxylation sites is 1. The second-order valence-corrected chi connectivity index (χ2v) is 5.71. The summed E-state index contributed by atoms with van der Waals surface area (Å²) in [5.41, 5.74) is -0.442. The zero-order chi connectivity index (χ0) is 19.2. The van der Waals surface area contributed by atoms with Crippen molar-refractivity contribution in [1.82, 2.24) is 5.32 Å². The number of rotatable bonds is 6. The van der Waals surface area contributed by atoms with Gasteiger partial charge in [-0.05, 0) is 30.3 Å². The van der Waals surface area contributed by atoms with Gasteiger partial charge in [-0.25, -0.2) is 4.79 Å². The van der Waals surface area contributed by atoms with E-state index in [0.29, 0.717) is 10.7 Å². The normalized spacial score (nSPS) is 12.3. The van der Waals surface area contributed by atoms with Crippen molar-refractivity contribution >= 4 is 23.3 Å². The van der Waals surface area contributed by atoms with Crippen LogP contribution in [0.2, 0.25) is 5.02 Å². The zero-order valence-corrected chi connectivity index (χ0v) is 14.1. The van der Waals surface area contributed by atoms with Gasteiger partial charge in [-0.1, -0.05) is 29.8 Å². The van der Waals surface area contributed by atoms with Crippen LogP contribution in [0, 0.1) is 0 Å². The second kappa shape index (κ2) is 8.77. The van der Waals surface area contributed by atoms with Crippen LogP contribution in [0.5, 0.6) is 5.75 Å². The van der Waals surface area contributed by atoms with Crippen molar-refractivity contribution in [2.45, 2.75) is 12.3 Å². The van der Waals surface area contributed by atoms with Crippen LogP contribution in [0.25, 0.3) is 0 Å². The largest absolute Gasteiger partial charge is 0.491 e. The molecule has 0 saturated carbocycles. The fourth-order valence-electron chi connectivity index (χ4n) is 1.95. The van der Waals surface area contributed by atoms with E-state index in [2.05, 4.69) is 10.6 Å². The predicted octanol–water partition coefficient (Wildman–Crippen LogP) is 3.92. The van der Waals surface area contributed by atoms with Gasteiger partial charge in [0.15, 0.2) is 0 Å². The van der Waals surface area contributed by atoms with Crippen molar-refractivity contribution in [3.8, 4) is 5.75 Å². The summed E-state index contributed by atoms with van der Waals surface area (Å²) < 4.78 is 43.0. The number of amides is 2. The summed E-state index contributed by atoms with van der Waals surface area (Å²) in [5.74, 6) is -0.0283. The molecule has 0 aromatic heterocycles. The number of nitrogens with one attached hydrogen (secondary N) is 2. The number of hydrogen-bond acceptors (Lipinski definition) is 3. The van der Waals surface area contributed by atoms with Crippen LogP contribution in [-0.4, -0.2) is 30.4 Å². The second-order valence-electron chi connectivity index (χ2n) is 5.31. The summed E-state index contributed by atoms with van der Waals surface area (Å²) >= 11 is 5.90. The lowest BCUT2D eigenvalue weighted by molar-refractivity contribution is -0.137. The van der Waals surface area contributed by atoms with Crippen molar-refractivity contribution < 1.29 is 27.8 Å². The van der Waals surface area contributed by atoms with Crippen molar-refractivity contribution in [2.75, 3.05) is 18.5 Å². The molecule has 1 atom stereocenters. The minimum atomic E-state index is -4.48. The first-order valence-electron chi connectivity index (χ1n) is 7.53. The number of ether oxygens (including phenoxy) is 1. The molecule has 0 aliphatic carbocycles. The Balaban J connectivity index is 1.78. The molecule has 2 aromatic carbocycles. The third kappa shape index (κ3) is 6.12. The van der Waals surface area contributed by atoms with Gasteiger partial charge in [-0.15, -0.1) is 0 Å². The highest BCUT2D eigenvalue weighted by molar-refractivity contribution is 6.33. The highest BCUT2D eigenvalue weighted by atomic mass is 35.5. The van der Waals surface area contributed by atoms with Crippen molar-refractivity contribution in [1.29, 1.82) is 0 Å². The molecule has 0 aliphatic heterocycles. The molecular weight excluding hydrogens is 373 g/mol. The summed E-state index contributed by atoms with van der Waals surface area (Å²) in [7, 11) is 0. The molecule has 0 fully saturated rings. The van der Waals surface area contributed by atoms with Gasteiger partial charge in [-0.2, -0.15) is 13.2 Å². The Labute approximate surface area is 152 Å². The maximum Gasteiger partial charge on any atom is 0.416 e. The van der Waals surface area contributed by atoms with E-state index in [1.54, 1.807) is 24.3 Å². The highest BCUT2D eigenvalue weighted by Crippen LogP contribution is 2.31. The van der Waals surface area contributed by atoms with Crippen LogP contribution in [-0.2, 0) is 6.18 Å². The van der Waals surface area contributed by atoms with E-state index in [9.17, 15) is 23.1 Å². The first-order chi connectivity index (χ1) is 12.3. The molecule has 140 valence electrons. The fraction of sp³-hybridized carbons (Fsp3) is 0.235. The minimum absolute atomic E-state index is 0.0283. The molecule has 0 radical (unpaired) electrons. The molecule has 9 heteroatoms. The lowest BCUT2D eigenvalue weighted by atomic mass is 10.2. The number of alkyl halides is 3. The summed E-state index contributed by atoms with van der Waals surface area (Å²) in [5, 5.41) is 15.1. The monoisotopic (exact) mass is 388 g/mol. The predicted molar refractivity (Wildman–Crippen MR) is 91.4 cm³/mol. The molecule has 3 N–H and O–H groups in total. The van der Waals surface area contributed by atoms with Crippen LogP contribution in [0.3, 0.4) is 0 Å². The Morgan fingerprint density at radius 2 is 1.92 bits per heavy atom. The minimum Gasteiger partial charge on any atom is -0.491 e. The molecule has 0 bridgehead atoms. The molecule has 2 amide bonds. The van der Waals surface area contributed by atoms with Gasteiger partial charge >= 0.3 is 12.2 Å². The maximum absolute atomic E-state index is 12.6. The Kier molecular flexibility index (Phi) is 6.70. The van der Waals surface area contributed by atoms with Crippen LogP contribution in [0.1, 0.15) is 5.56 Å². The molecule has 0 saturated heterocycles.